The lowest BCUT2D eigenvalue weighted by molar-refractivity contribution is 0.0942. The molecule has 1 aliphatic rings. The summed E-state index contributed by atoms with van der Waals surface area (Å²) in [5.41, 5.74) is 4.25. The van der Waals surface area contributed by atoms with Crippen LogP contribution in [0.2, 0.25) is 0 Å². The van der Waals surface area contributed by atoms with E-state index < -0.39 is 0 Å². The Labute approximate surface area is 207 Å². The highest BCUT2D eigenvalue weighted by Gasteiger charge is 2.26. The number of halogens is 1. The van der Waals surface area contributed by atoms with Crippen LogP contribution in [0.3, 0.4) is 0 Å². The van der Waals surface area contributed by atoms with Crippen molar-refractivity contribution in [1.29, 1.82) is 0 Å². The summed E-state index contributed by atoms with van der Waals surface area (Å²) in [4.78, 5) is 13.0. The summed E-state index contributed by atoms with van der Waals surface area (Å²) in [6.45, 7) is 2.44. The number of carbonyl (C=O) groups is 1. The molecule has 0 fully saturated rings. The fourth-order valence-corrected chi connectivity index (χ4v) is 4.46. The van der Waals surface area contributed by atoms with Crippen LogP contribution in [-0.2, 0) is 19.4 Å². The van der Waals surface area contributed by atoms with Crippen LogP contribution in [0.15, 0.2) is 66.7 Å². The highest BCUT2D eigenvalue weighted by molar-refractivity contribution is 6.00. The van der Waals surface area contributed by atoms with Crippen LogP contribution >= 0.6 is 12.4 Å². The van der Waals surface area contributed by atoms with Crippen molar-refractivity contribution in [2.45, 2.75) is 44.9 Å². The molecule has 0 aliphatic heterocycles. The number of carbonyl (C=O) groups excluding carboxylic acids is 1. The number of hydrogen-bond donors (Lipinski definition) is 1. The van der Waals surface area contributed by atoms with Crippen LogP contribution < -0.4 is 19.5 Å². The number of ketones is 1. The molecule has 180 valence electrons. The Hall–Kier alpha value is -3.02. The van der Waals surface area contributed by atoms with Gasteiger partial charge in [-0.2, -0.15) is 0 Å². The van der Waals surface area contributed by atoms with Crippen molar-refractivity contribution in [1.82, 2.24) is 5.32 Å². The maximum atomic E-state index is 13.0. The van der Waals surface area contributed by atoms with Gasteiger partial charge in [-0.3, -0.25) is 4.79 Å². The van der Waals surface area contributed by atoms with Crippen LogP contribution in [0.25, 0.3) is 0 Å². The predicted molar refractivity (Wildman–Crippen MR) is 137 cm³/mol. The van der Waals surface area contributed by atoms with Gasteiger partial charge in [0.05, 0.1) is 20.3 Å². The first-order chi connectivity index (χ1) is 16.1. The molecule has 0 saturated heterocycles. The normalized spacial score (nSPS) is 15.4. The Bertz CT molecular complexity index is 1090. The maximum absolute atomic E-state index is 13.0. The molecular formula is C28H32ClNO4. The van der Waals surface area contributed by atoms with Crippen LogP contribution in [0.5, 0.6) is 17.2 Å². The Morgan fingerprint density at radius 2 is 1.74 bits per heavy atom. The van der Waals surface area contributed by atoms with Crippen molar-refractivity contribution >= 4 is 18.2 Å². The molecule has 2 unspecified atom stereocenters. The lowest BCUT2D eigenvalue weighted by atomic mass is 9.86. The maximum Gasteiger partial charge on any atom is 0.179 e. The molecule has 4 rings (SSSR count). The van der Waals surface area contributed by atoms with Crippen LogP contribution in [0, 0.1) is 0 Å². The largest absolute Gasteiger partial charge is 0.493 e. The molecule has 0 heterocycles. The van der Waals surface area contributed by atoms with Gasteiger partial charge in [0.1, 0.15) is 12.4 Å². The van der Waals surface area contributed by atoms with Gasteiger partial charge in [0.2, 0.25) is 0 Å². The van der Waals surface area contributed by atoms with Crippen molar-refractivity contribution < 1.29 is 19.0 Å². The molecular weight excluding hydrogens is 450 g/mol. The summed E-state index contributed by atoms with van der Waals surface area (Å²) < 4.78 is 16.8. The number of benzene rings is 3. The SMILES string of the molecule is COc1ccc2c(c1OC)CCC(NC(C)C(=O)c1ccc(OCc3ccccc3)cc1)C2.Cl. The summed E-state index contributed by atoms with van der Waals surface area (Å²) >= 11 is 0. The van der Waals surface area contributed by atoms with Gasteiger partial charge in [-0.1, -0.05) is 36.4 Å². The lowest BCUT2D eigenvalue weighted by Crippen LogP contribution is -2.44. The Morgan fingerprint density at radius 1 is 1.00 bits per heavy atom. The highest BCUT2D eigenvalue weighted by atomic mass is 35.5. The summed E-state index contributed by atoms with van der Waals surface area (Å²) in [6.07, 6.45) is 2.70. The molecule has 0 spiro atoms. The number of hydrogen-bond acceptors (Lipinski definition) is 5. The van der Waals surface area contributed by atoms with Gasteiger partial charge in [0.15, 0.2) is 17.3 Å². The van der Waals surface area contributed by atoms with E-state index >= 15 is 0 Å². The van der Waals surface area contributed by atoms with E-state index in [1.807, 2.05) is 67.6 Å². The van der Waals surface area contributed by atoms with Gasteiger partial charge in [0.25, 0.3) is 0 Å². The number of nitrogens with one attached hydrogen (secondary N) is 1. The van der Waals surface area contributed by atoms with Crippen molar-refractivity contribution in [2.24, 2.45) is 0 Å². The number of methoxy groups -OCH3 is 2. The molecule has 3 aromatic rings. The molecule has 3 aromatic carbocycles. The topological polar surface area (TPSA) is 56.8 Å². The first-order valence-electron chi connectivity index (χ1n) is 11.4. The minimum absolute atomic E-state index is 0. The Balaban J connectivity index is 0.00000324. The molecule has 0 bridgehead atoms. The zero-order valence-electron chi connectivity index (χ0n) is 19.9. The number of rotatable bonds is 9. The first-order valence-corrected chi connectivity index (χ1v) is 11.4. The van der Waals surface area contributed by atoms with Crippen molar-refractivity contribution in [2.75, 3.05) is 14.2 Å². The van der Waals surface area contributed by atoms with Crippen LogP contribution in [-0.4, -0.2) is 32.1 Å². The summed E-state index contributed by atoms with van der Waals surface area (Å²) in [6, 6.07) is 21.5. The summed E-state index contributed by atoms with van der Waals surface area (Å²) in [7, 11) is 3.34. The standard InChI is InChI=1S/C28H31NO4.ClH/c1-19(29-23-12-15-25-22(17-23)11-16-26(31-2)28(25)32-3)27(30)21-9-13-24(14-10-21)33-18-20-7-5-4-6-8-20;/h4-11,13-14,16,19,23,29H,12,15,17-18H2,1-3H3;1H. The molecule has 0 saturated carbocycles. The Morgan fingerprint density at radius 3 is 2.41 bits per heavy atom. The van der Waals surface area contributed by atoms with E-state index in [1.165, 1.54) is 11.1 Å². The summed E-state index contributed by atoms with van der Waals surface area (Å²) in [5.74, 6) is 2.43. The van der Waals surface area contributed by atoms with Crippen molar-refractivity contribution in [3.05, 3.63) is 89.0 Å². The molecule has 5 nitrogen and oxygen atoms in total. The molecule has 2 atom stereocenters. The fourth-order valence-electron chi connectivity index (χ4n) is 4.46. The average molecular weight is 482 g/mol. The second-order valence-corrected chi connectivity index (χ2v) is 8.43. The molecule has 0 amide bonds. The first kappa shape index (κ1) is 25.6. The number of Topliss-reactive ketones (excluding diaryl/α,β-unsaturated/α-hetero) is 1. The van der Waals surface area contributed by atoms with Gasteiger partial charge in [-0.15, -0.1) is 12.4 Å². The van der Waals surface area contributed by atoms with E-state index in [9.17, 15) is 4.79 Å². The average Bonchev–Trinajstić information content (AvgIpc) is 2.87. The van der Waals surface area contributed by atoms with E-state index in [0.717, 1.165) is 42.1 Å². The van der Waals surface area contributed by atoms with Gasteiger partial charge in [-0.05, 0) is 67.6 Å². The summed E-state index contributed by atoms with van der Waals surface area (Å²) in [5, 5.41) is 3.53. The zero-order valence-corrected chi connectivity index (χ0v) is 20.7. The van der Waals surface area contributed by atoms with E-state index in [-0.39, 0.29) is 30.3 Å². The molecule has 34 heavy (non-hydrogen) atoms. The van der Waals surface area contributed by atoms with Gasteiger partial charge >= 0.3 is 0 Å². The monoisotopic (exact) mass is 481 g/mol. The number of fused-ring (bicyclic) bond motifs is 1. The molecule has 1 N–H and O–H groups in total. The van der Waals surface area contributed by atoms with Gasteiger partial charge in [0, 0.05) is 17.2 Å². The third-order valence-corrected chi connectivity index (χ3v) is 6.22. The van der Waals surface area contributed by atoms with Crippen LogP contribution in [0.4, 0.5) is 0 Å². The Kier molecular flexibility index (Phi) is 8.97. The minimum atomic E-state index is -0.271. The smallest absolute Gasteiger partial charge is 0.179 e. The molecule has 6 heteroatoms. The second-order valence-electron chi connectivity index (χ2n) is 8.43. The third kappa shape index (κ3) is 5.91. The van der Waals surface area contributed by atoms with E-state index in [4.69, 9.17) is 14.2 Å². The fraction of sp³-hybridized carbons (Fsp3) is 0.321. The van der Waals surface area contributed by atoms with E-state index in [2.05, 4.69) is 11.4 Å². The van der Waals surface area contributed by atoms with E-state index in [1.54, 1.807) is 14.2 Å². The molecule has 0 radical (unpaired) electrons. The predicted octanol–water partition coefficient (Wildman–Crippen LogP) is 5.42. The molecule has 1 aliphatic carbocycles. The van der Waals surface area contributed by atoms with Gasteiger partial charge in [-0.25, -0.2) is 0 Å². The lowest BCUT2D eigenvalue weighted by Gasteiger charge is -2.29. The number of ether oxygens (including phenoxy) is 3. The quantitative estimate of drug-likeness (QED) is 0.413. The zero-order chi connectivity index (χ0) is 23.2. The molecule has 0 aromatic heterocycles. The van der Waals surface area contributed by atoms with Crippen molar-refractivity contribution in [3.8, 4) is 17.2 Å². The van der Waals surface area contributed by atoms with Crippen molar-refractivity contribution in [3.63, 3.8) is 0 Å². The third-order valence-electron chi connectivity index (χ3n) is 6.22. The minimum Gasteiger partial charge on any atom is -0.493 e. The van der Waals surface area contributed by atoms with Gasteiger partial charge < -0.3 is 19.5 Å². The van der Waals surface area contributed by atoms with Crippen LogP contribution in [0.1, 0.15) is 40.4 Å². The van der Waals surface area contributed by atoms with E-state index in [0.29, 0.717) is 12.2 Å². The second kappa shape index (κ2) is 11.9. The highest BCUT2D eigenvalue weighted by Crippen LogP contribution is 2.37.